The second kappa shape index (κ2) is 6.10. The Labute approximate surface area is 134 Å². The fourth-order valence-electron chi connectivity index (χ4n) is 2.35. The van der Waals surface area contributed by atoms with E-state index in [4.69, 9.17) is 5.11 Å². The highest BCUT2D eigenvalue weighted by molar-refractivity contribution is 6.02. The van der Waals surface area contributed by atoms with Gasteiger partial charge in [0.1, 0.15) is 11.6 Å². The second-order valence-corrected chi connectivity index (χ2v) is 5.42. The highest BCUT2D eigenvalue weighted by Gasteiger charge is 2.37. The Kier molecular flexibility index (Phi) is 4.50. The van der Waals surface area contributed by atoms with Crippen LogP contribution in [0.4, 0.5) is 13.2 Å². The fourth-order valence-corrected chi connectivity index (χ4v) is 2.35. The number of amides is 1. The van der Waals surface area contributed by atoms with E-state index in [2.05, 4.69) is 10.1 Å². The molecule has 0 saturated heterocycles. The van der Waals surface area contributed by atoms with Gasteiger partial charge >= 0.3 is 12.1 Å². The van der Waals surface area contributed by atoms with Crippen LogP contribution in [0.1, 0.15) is 33.9 Å². The monoisotopic (exact) mass is 344 g/mol. The van der Waals surface area contributed by atoms with E-state index in [1.807, 2.05) is 5.32 Å². The van der Waals surface area contributed by atoms with E-state index in [0.717, 1.165) is 0 Å². The number of nitrogens with one attached hydrogen (secondary N) is 1. The molecule has 0 aliphatic heterocycles. The lowest BCUT2D eigenvalue weighted by atomic mass is 10.1. The number of carboxylic acids is 1. The number of aromatic nitrogens is 3. The quantitative estimate of drug-likeness (QED) is 0.881. The smallest absolute Gasteiger partial charge is 0.391 e. The van der Waals surface area contributed by atoms with Crippen molar-refractivity contribution in [2.45, 2.75) is 39.4 Å². The van der Waals surface area contributed by atoms with Crippen molar-refractivity contribution in [3.8, 4) is 0 Å². The van der Waals surface area contributed by atoms with Crippen LogP contribution in [0.25, 0.3) is 5.65 Å². The average Bonchev–Trinajstić information content (AvgIpc) is 2.72. The number of nitrogens with zero attached hydrogens (tertiary/aromatic N) is 3. The van der Waals surface area contributed by atoms with Crippen LogP contribution in [0.2, 0.25) is 0 Å². The lowest BCUT2D eigenvalue weighted by molar-refractivity contribution is -0.157. The van der Waals surface area contributed by atoms with Gasteiger partial charge in [-0.1, -0.05) is 0 Å². The number of hydrogen-bond donors (Lipinski definition) is 2. The van der Waals surface area contributed by atoms with Gasteiger partial charge in [0.2, 0.25) is 0 Å². The summed E-state index contributed by atoms with van der Waals surface area (Å²) in [6, 6.07) is -0.358. The van der Waals surface area contributed by atoms with Gasteiger partial charge in [-0.2, -0.15) is 18.3 Å². The van der Waals surface area contributed by atoms with Gasteiger partial charge in [0.05, 0.1) is 12.1 Å². The van der Waals surface area contributed by atoms with Crippen LogP contribution in [0.3, 0.4) is 0 Å². The summed E-state index contributed by atoms with van der Waals surface area (Å²) in [5.41, 5.74) is 1.64. The molecule has 0 aliphatic carbocycles. The van der Waals surface area contributed by atoms with E-state index in [1.54, 1.807) is 19.9 Å². The minimum atomic E-state index is -4.72. The topological polar surface area (TPSA) is 96.6 Å². The van der Waals surface area contributed by atoms with Crippen LogP contribution in [0, 0.1) is 20.8 Å². The first-order valence-electron chi connectivity index (χ1n) is 6.93. The molecule has 1 amide bonds. The number of fused-ring (bicyclic) bond motifs is 1. The maximum atomic E-state index is 12.5. The number of rotatable bonds is 4. The van der Waals surface area contributed by atoms with E-state index < -0.39 is 30.5 Å². The molecule has 0 spiro atoms. The van der Waals surface area contributed by atoms with Gasteiger partial charge in [-0.15, -0.1) is 0 Å². The molecule has 2 aromatic rings. The number of aryl methyl sites for hydroxylation is 3. The van der Waals surface area contributed by atoms with Crippen LogP contribution in [-0.4, -0.2) is 43.8 Å². The van der Waals surface area contributed by atoms with Crippen molar-refractivity contribution < 1.29 is 27.9 Å². The Balaban J connectivity index is 2.41. The van der Waals surface area contributed by atoms with Crippen molar-refractivity contribution in [2.24, 2.45) is 0 Å². The third-order valence-electron chi connectivity index (χ3n) is 3.34. The minimum Gasteiger partial charge on any atom is -0.480 e. The molecular weight excluding hydrogens is 329 g/mol. The maximum absolute atomic E-state index is 12.5. The van der Waals surface area contributed by atoms with Gasteiger partial charge in [0, 0.05) is 11.4 Å². The van der Waals surface area contributed by atoms with Crippen LogP contribution in [0.5, 0.6) is 0 Å². The van der Waals surface area contributed by atoms with Crippen LogP contribution in [0.15, 0.2) is 6.07 Å². The first-order chi connectivity index (χ1) is 11.0. The zero-order valence-electron chi connectivity index (χ0n) is 13.1. The summed E-state index contributed by atoms with van der Waals surface area (Å²) < 4.78 is 38.7. The predicted octanol–water partition coefficient (Wildman–Crippen LogP) is 1.79. The van der Waals surface area contributed by atoms with Gasteiger partial charge in [-0.25, -0.2) is 14.3 Å². The van der Waals surface area contributed by atoms with Crippen molar-refractivity contribution in [2.75, 3.05) is 0 Å². The summed E-state index contributed by atoms with van der Waals surface area (Å²) >= 11 is 0. The number of aliphatic carboxylic acids is 1. The molecule has 2 heterocycles. The molecule has 2 rings (SSSR count). The molecule has 24 heavy (non-hydrogen) atoms. The molecule has 0 fully saturated rings. The average molecular weight is 344 g/mol. The Hall–Kier alpha value is -2.65. The molecule has 2 N–H and O–H groups in total. The normalized spacial score (nSPS) is 13.1. The summed E-state index contributed by atoms with van der Waals surface area (Å²) in [6.07, 6.45) is -6.39. The number of hydrogen-bond acceptors (Lipinski definition) is 4. The molecule has 10 heteroatoms. The van der Waals surface area contributed by atoms with Gasteiger partial charge in [-0.3, -0.25) is 4.79 Å². The number of carbonyl (C=O) groups excluding carboxylic acids is 1. The highest BCUT2D eigenvalue weighted by Crippen LogP contribution is 2.22. The molecule has 0 radical (unpaired) electrons. The molecule has 0 bridgehead atoms. The number of carbonyl (C=O) groups is 2. The van der Waals surface area contributed by atoms with E-state index in [0.29, 0.717) is 11.4 Å². The van der Waals surface area contributed by atoms with Crippen molar-refractivity contribution >= 4 is 17.5 Å². The summed E-state index contributed by atoms with van der Waals surface area (Å²) in [5.74, 6) is -2.73. The summed E-state index contributed by atoms with van der Waals surface area (Å²) in [7, 11) is 0. The number of alkyl halides is 3. The minimum absolute atomic E-state index is 0.0461. The molecule has 2 aromatic heterocycles. The zero-order valence-corrected chi connectivity index (χ0v) is 13.1. The van der Waals surface area contributed by atoms with Gasteiger partial charge in [0.15, 0.2) is 5.65 Å². The zero-order chi connectivity index (χ0) is 18.2. The molecule has 7 nitrogen and oxygen atoms in total. The van der Waals surface area contributed by atoms with E-state index in [1.165, 1.54) is 11.4 Å². The Bertz CT molecular complexity index is 814. The van der Waals surface area contributed by atoms with Crippen LogP contribution in [-0.2, 0) is 4.79 Å². The maximum Gasteiger partial charge on any atom is 0.391 e. The van der Waals surface area contributed by atoms with Crippen molar-refractivity contribution in [3.05, 3.63) is 28.7 Å². The van der Waals surface area contributed by atoms with Crippen molar-refractivity contribution in [1.82, 2.24) is 19.9 Å². The summed E-state index contributed by atoms with van der Waals surface area (Å²) in [6.45, 7) is 4.93. The molecular formula is C14H15F3N4O3. The first kappa shape index (κ1) is 17.7. The highest BCUT2D eigenvalue weighted by atomic mass is 19.4. The molecule has 0 saturated carbocycles. The van der Waals surface area contributed by atoms with Gasteiger partial charge < -0.3 is 10.4 Å². The third kappa shape index (κ3) is 3.63. The van der Waals surface area contributed by atoms with E-state index in [-0.39, 0.29) is 16.9 Å². The molecule has 0 aromatic carbocycles. The molecule has 0 aliphatic rings. The van der Waals surface area contributed by atoms with E-state index >= 15 is 0 Å². The Morgan fingerprint density at radius 2 is 1.96 bits per heavy atom. The third-order valence-corrected chi connectivity index (χ3v) is 3.34. The van der Waals surface area contributed by atoms with Crippen LogP contribution >= 0.6 is 0 Å². The first-order valence-corrected chi connectivity index (χ1v) is 6.93. The van der Waals surface area contributed by atoms with E-state index in [9.17, 15) is 22.8 Å². The lowest BCUT2D eigenvalue weighted by Crippen LogP contribution is -2.43. The van der Waals surface area contributed by atoms with Crippen LogP contribution < -0.4 is 5.32 Å². The molecule has 1 unspecified atom stereocenters. The molecule has 130 valence electrons. The Morgan fingerprint density at radius 1 is 1.33 bits per heavy atom. The SMILES string of the molecule is Cc1cc(C)n2nc(C)c(C(=O)NC(CC(F)(F)F)C(=O)O)c2n1. The van der Waals surface area contributed by atoms with Gasteiger partial charge in [-0.05, 0) is 26.8 Å². The number of carboxylic acid groups (broad SMARTS) is 1. The lowest BCUT2D eigenvalue weighted by Gasteiger charge is -2.16. The van der Waals surface area contributed by atoms with Gasteiger partial charge in [0.25, 0.3) is 5.91 Å². The largest absolute Gasteiger partial charge is 0.480 e. The second-order valence-electron chi connectivity index (χ2n) is 5.42. The van der Waals surface area contributed by atoms with Crippen molar-refractivity contribution in [1.29, 1.82) is 0 Å². The standard InChI is InChI=1S/C14H15F3N4O3/c1-6-4-7(2)21-11(18-6)10(8(3)20-21)12(22)19-9(13(23)24)5-14(15,16)17/h4,9H,5H2,1-3H3,(H,19,22)(H,23,24). The molecule has 1 atom stereocenters. The fraction of sp³-hybridized carbons (Fsp3) is 0.429. The van der Waals surface area contributed by atoms with Crippen molar-refractivity contribution in [3.63, 3.8) is 0 Å². The summed E-state index contributed by atoms with van der Waals surface area (Å²) in [4.78, 5) is 27.5. The summed E-state index contributed by atoms with van der Waals surface area (Å²) in [5, 5.41) is 14.9. The Morgan fingerprint density at radius 3 is 2.50 bits per heavy atom. The predicted molar refractivity (Wildman–Crippen MR) is 76.8 cm³/mol. The number of halogens is 3.